The van der Waals surface area contributed by atoms with Gasteiger partial charge in [0.25, 0.3) is 5.91 Å². The number of nitrogens with zero attached hydrogens (tertiary/aromatic N) is 2. The summed E-state index contributed by atoms with van der Waals surface area (Å²) in [7, 11) is 1.60. The first-order valence-corrected chi connectivity index (χ1v) is 8.52. The SMILES string of the molecule is COc1ccc(C(=O)N2CCCC[C@H]2C(=O)N2CCOCC2)cc1. The highest BCUT2D eigenvalue weighted by molar-refractivity contribution is 5.97. The maximum atomic E-state index is 12.9. The van der Waals surface area contributed by atoms with Crippen molar-refractivity contribution in [3.05, 3.63) is 29.8 Å². The number of benzene rings is 1. The van der Waals surface area contributed by atoms with Gasteiger partial charge in [-0.2, -0.15) is 0 Å². The third-order valence-electron chi connectivity index (χ3n) is 4.71. The number of amides is 2. The van der Waals surface area contributed by atoms with Gasteiger partial charge in [-0.3, -0.25) is 9.59 Å². The first-order valence-electron chi connectivity index (χ1n) is 8.52. The lowest BCUT2D eigenvalue weighted by molar-refractivity contribution is -0.141. The first kappa shape index (κ1) is 16.8. The van der Waals surface area contributed by atoms with Crippen molar-refractivity contribution in [1.29, 1.82) is 0 Å². The number of piperidine rings is 1. The van der Waals surface area contributed by atoms with E-state index < -0.39 is 0 Å². The monoisotopic (exact) mass is 332 g/mol. The van der Waals surface area contributed by atoms with E-state index in [1.807, 2.05) is 4.90 Å². The number of hydrogen-bond donors (Lipinski definition) is 0. The van der Waals surface area contributed by atoms with Gasteiger partial charge in [-0.25, -0.2) is 0 Å². The zero-order valence-electron chi connectivity index (χ0n) is 14.1. The van der Waals surface area contributed by atoms with E-state index in [1.54, 1.807) is 36.3 Å². The molecule has 2 fully saturated rings. The normalized spacial score (nSPS) is 21.5. The number of methoxy groups -OCH3 is 1. The zero-order chi connectivity index (χ0) is 16.9. The molecule has 2 aliphatic heterocycles. The fourth-order valence-electron chi connectivity index (χ4n) is 3.33. The lowest BCUT2D eigenvalue weighted by Gasteiger charge is -2.38. The van der Waals surface area contributed by atoms with Crippen molar-refractivity contribution in [2.45, 2.75) is 25.3 Å². The molecular weight excluding hydrogens is 308 g/mol. The van der Waals surface area contributed by atoms with Gasteiger partial charge in [0.15, 0.2) is 0 Å². The van der Waals surface area contributed by atoms with Crippen LogP contribution in [0.15, 0.2) is 24.3 Å². The Morgan fingerprint density at radius 1 is 1.08 bits per heavy atom. The second-order valence-electron chi connectivity index (χ2n) is 6.18. The van der Waals surface area contributed by atoms with Gasteiger partial charge < -0.3 is 19.3 Å². The Kier molecular flexibility index (Phi) is 5.35. The highest BCUT2D eigenvalue weighted by Gasteiger charge is 2.35. The Morgan fingerprint density at radius 2 is 1.79 bits per heavy atom. The van der Waals surface area contributed by atoms with Crippen LogP contribution in [0, 0.1) is 0 Å². The van der Waals surface area contributed by atoms with Crippen molar-refractivity contribution in [2.24, 2.45) is 0 Å². The summed E-state index contributed by atoms with van der Waals surface area (Å²) in [5, 5.41) is 0. The predicted octanol–water partition coefficient (Wildman–Crippen LogP) is 1.55. The standard InChI is InChI=1S/C18H24N2O4/c1-23-15-7-5-14(6-8-15)17(21)20-9-3-2-4-16(20)18(22)19-10-12-24-13-11-19/h5-8,16H,2-4,9-13H2,1H3/t16-/m0/s1. The summed E-state index contributed by atoms with van der Waals surface area (Å²) in [6.07, 6.45) is 2.65. The molecule has 1 aromatic rings. The van der Waals surface area contributed by atoms with Crippen molar-refractivity contribution in [3.63, 3.8) is 0 Å². The quantitative estimate of drug-likeness (QED) is 0.843. The molecule has 3 rings (SSSR count). The maximum absolute atomic E-state index is 12.9. The van der Waals surface area contributed by atoms with Crippen LogP contribution in [-0.2, 0) is 9.53 Å². The lowest BCUT2D eigenvalue weighted by atomic mass is 9.99. The largest absolute Gasteiger partial charge is 0.497 e. The highest BCUT2D eigenvalue weighted by atomic mass is 16.5. The molecule has 6 nitrogen and oxygen atoms in total. The molecule has 1 atom stereocenters. The molecule has 2 amide bonds. The fourth-order valence-corrected chi connectivity index (χ4v) is 3.33. The van der Waals surface area contributed by atoms with Crippen molar-refractivity contribution in [1.82, 2.24) is 9.80 Å². The summed E-state index contributed by atoms with van der Waals surface area (Å²) < 4.78 is 10.5. The molecule has 0 spiro atoms. The molecule has 130 valence electrons. The van der Waals surface area contributed by atoms with Crippen molar-refractivity contribution < 1.29 is 19.1 Å². The molecular formula is C18H24N2O4. The molecule has 0 radical (unpaired) electrons. The Bertz CT molecular complexity index is 581. The van der Waals surface area contributed by atoms with E-state index in [1.165, 1.54) is 0 Å². The van der Waals surface area contributed by atoms with Crippen molar-refractivity contribution in [3.8, 4) is 5.75 Å². The van der Waals surface area contributed by atoms with Gasteiger partial charge in [0.1, 0.15) is 11.8 Å². The molecule has 0 N–H and O–H groups in total. The summed E-state index contributed by atoms with van der Waals surface area (Å²) in [6, 6.07) is 6.70. The van der Waals surface area contributed by atoms with Gasteiger partial charge in [0.05, 0.1) is 20.3 Å². The molecule has 0 saturated carbocycles. The number of carbonyl (C=O) groups excluding carboxylic acids is 2. The van der Waals surface area contributed by atoms with Crippen LogP contribution in [-0.4, -0.2) is 67.6 Å². The minimum atomic E-state index is -0.355. The summed E-state index contributed by atoms with van der Waals surface area (Å²) >= 11 is 0. The van der Waals surface area contributed by atoms with E-state index >= 15 is 0 Å². The minimum absolute atomic E-state index is 0.0554. The molecule has 0 unspecified atom stereocenters. The molecule has 2 heterocycles. The number of hydrogen-bond acceptors (Lipinski definition) is 4. The number of carbonyl (C=O) groups is 2. The van der Waals surface area contributed by atoms with Crippen LogP contribution in [0.2, 0.25) is 0 Å². The molecule has 0 bridgehead atoms. The van der Waals surface area contributed by atoms with Crippen LogP contribution in [0.4, 0.5) is 0 Å². The molecule has 2 saturated heterocycles. The van der Waals surface area contributed by atoms with Crippen LogP contribution in [0.3, 0.4) is 0 Å². The Labute approximate surface area is 142 Å². The van der Waals surface area contributed by atoms with E-state index in [9.17, 15) is 9.59 Å². The third kappa shape index (κ3) is 3.53. The second kappa shape index (κ2) is 7.66. The topological polar surface area (TPSA) is 59.1 Å². The van der Waals surface area contributed by atoms with Crippen LogP contribution in [0.1, 0.15) is 29.6 Å². The third-order valence-corrected chi connectivity index (χ3v) is 4.71. The fraction of sp³-hybridized carbons (Fsp3) is 0.556. The summed E-state index contributed by atoms with van der Waals surface area (Å²) in [5.41, 5.74) is 0.595. The van der Waals surface area contributed by atoms with E-state index in [2.05, 4.69) is 0 Å². The Morgan fingerprint density at radius 3 is 2.46 bits per heavy atom. The molecule has 0 aliphatic carbocycles. The van der Waals surface area contributed by atoms with Crippen LogP contribution in [0.25, 0.3) is 0 Å². The molecule has 1 aromatic carbocycles. The van der Waals surface area contributed by atoms with E-state index in [-0.39, 0.29) is 17.9 Å². The summed E-state index contributed by atoms with van der Waals surface area (Å²) in [4.78, 5) is 29.3. The van der Waals surface area contributed by atoms with Crippen LogP contribution < -0.4 is 4.74 Å². The summed E-state index contributed by atoms with van der Waals surface area (Å²) in [6.45, 7) is 3.00. The van der Waals surface area contributed by atoms with E-state index in [4.69, 9.17) is 9.47 Å². The lowest BCUT2D eigenvalue weighted by Crippen LogP contribution is -2.55. The predicted molar refractivity (Wildman–Crippen MR) is 89.1 cm³/mol. The van der Waals surface area contributed by atoms with E-state index in [0.717, 1.165) is 19.3 Å². The van der Waals surface area contributed by atoms with Gasteiger partial charge >= 0.3 is 0 Å². The highest BCUT2D eigenvalue weighted by Crippen LogP contribution is 2.23. The number of morpholine rings is 1. The van der Waals surface area contributed by atoms with Gasteiger partial charge in [0, 0.05) is 25.2 Å². The smallest absolute Gasteiger partial charge is 0.254 e. The van der Waals surface area contributed by atoms with E-state index in [0.29, 0.717) is 44.2 Å². The summed E-state index contributed by atoms with van der Waals surface area (Å²) in [5.74, 6) is 0.690. The van der Waals surface area contributed by atoms with Crippen LogP contribution in [0.5, 0.6) is 5.75 Å². The number of ether oxygens (including phenoxy) is 2. The number of rotatable bonds is 3. The first-order chi connectivity index (χ1) is 11.7. The zero-order valence-corrected chi connectivity index (χ0v) is 14.1. The Balaban J connectivity index is 1.75. The van der Waals surface area contributed by atoms with Crippen molar-refractivity contribution in [2.75, 3.05) is 40.0 Å². The second-order valence-corrected chi connectivity index (χ2v) is 6.18. The Hall–Kier alpha value is -2.08. The average molecular weight is 332 g/mol. The van der Waals surface area contributed by atoms with Gasteiger partial charge in [-0.05, 0) is 43.5 Å². The van der Waals surface area contributed by atoms with Gasteiger partial charge in [-0.1, -0.05) is 0 Å². The van der Waals surface area contributed by atoms with Crippen molar-refractivity contribution >= 4 is 11.8 Å². The maximum Gasteiger partial charge on any atom is 0.254 e. The molecule has 24 heavy (non-hydrogen) atoms. The average Bonchev–Trinajstić information content (AvgIpc) is 2.67. The number of likely N-dealkylation sites (tertiary alicyclic amines) is 1. The van der Waals surface area contributed by atoms with Crippen LogP contribution >= 0.6 is 0 Å². The molecule has 2 aliphatic rings. The molecule has 6 heteroatoms. The van der Waals surface area contributed by atoms with Gasteiger partial charge in [0.2, 0.25) is 5.91 Å². The minimum Gasteiger partial charge on any atom is -0.497 e. The van der Waals surface area contributed by atoms with Gasteiger partial charge in [-0.15, -0.1) is 0 Å². The molecule has 0 aromatic heterocycles.